The zero-order valence-corrected chi connectivity index (χ0v) is 13.7. The number of anilines is 2. The zero-order chi connectivity index (χ0) is 16.8. The van der Waals surface area contributed by atoms with Gasteiger partial charge in [0, 0.05) is 25.8 Å². The number of methoxy groups -OCH3 is 1. The second-order valence-corrected chi connectivity index (χ2v) is 5.51. The van der Waals surface area contributed by atoms with Crippen molar-refractivity contribution in [2.45, 2.75) is 6.10 Å². The maximum absolute atomic E-state index is 10.3. The number of aromatic nitrogens is 2. The number of nitrogens with one attached hydrogen (secondary N) is 1. The Bertz CT molecular complexity index is 645. The van der Waals surface area contributed by atoms with Crippen molar-refractivity contribution in [2.75, 3.05) is 50.2 Å². The molecule has 1 unspecified atom stereocenters. The largest absolute Gasteiger partial charge is 0.497 e. The molecule has 7 nitrogen and oxygen atoms in total. The average molecular weight is 330 g/mol. The summed E-state index contributed by atoms with van der Waals surface area (Å²) < 4.78 is 10.5. The van der Waals surface area contributed by atoms with Crippen LogP contribution in [0.2, 0.25) is 0 Å². The van der Waals surface area contributed by atoms with Gasteiger partial charge in [0.25, 0.3) is 0 Å². The van der Waals surface area contributed by atoms with E-state index in [1.165, 1.54) is 0 Å². The van der Waals surface area contributed by atoms with Gasteiger partial charge in [-0.05, 0) is 23.8 Å². The molecule has 1 fully saturated rings. The van der Waals surface area contributed by atoms with Gasteiger partial charge in [0.2, 0.25) is 5.95 Å². The highest BCUT2D eigenvalue weighted by Gasteiger charge is 2.14. The van der Waals surface area contributed by atoms with Crippen molar-refractivity contribution < 1.29 is 14.6 Å². The summed E-state index contributed by atoms with van der Waals surface area (Å²) in [5.74, 6) is 2.14. The molecular weight excluding hydrogens is 308 g/mol. The number of ether oxygens (including phenoxy) is 2. The van der Waals surface area contributed by atoms with Crippen molar-refractivity contribution in [3.05, 3.63) is 42.1 Å². The lowest BCUT2D eigenvalue weighted by Gasteiger charge is -2.26. The van der Waals surface area contributed by atoms with E-state index in [9.17, 15) is 5.11 Å². The summed E-state index contributed by atoms with van der Waals surface area (Å²) in [5, 5.41) is 13.5. The van der Waals surface area contributed by atoms with Crippen LogP contribution in [-0.4, -0.2) is 55.0 Å². The minimum Gasteiger partial charge on any atom is -0.497 e. The molecule has 24 heavy (non-hydrogen) atoms. The SMILES string of the molecule is COc1ccc(C(O)CNc2ccnc(N3CCOCC3)n2)cc1. The maximum Gasteiger partial charge on any atom is 0.227 e. The van der Waals surface area contributed by atoms with Gasteiger partial charge in [-0.3, -0.25) is 0 Å². The monoisotopic (exact) mass is 330 g/mol. The van der Waals surface area contributed by atoms with Crippen LogP contribution in [0.5, 0.6) is 5.75 Å². The van der Waals surface area contributed by atoms with Crippen LogP contribution in [0.25, 0.3) is 0 Å². The van der Waals surface area contributed by atoms with Crippen molar-refractivity contribution in [1.29, 1.82) is 0 Å². The van der Waals surface area contributed by atoms with Gasteiger partial charge in [0.1, 0.15) is 11.6 Å². The van der Waals surface area contributed by atoms with Gasteiger partial charge in [-0.1, -0.05) is 12.1 Å². The zero-order valence-electron chi connectivity index (χ0n) is 13.7. The first kappa shape index (κ1) is 16.5. The number of hydrogen-bond donors (Lipinski definition) is 2. The molecule has 0 amide bonds. The molecule has 3 rings (SSSR count). The van der Waals surface area contributed by atoms with Crippen LogP contribution in [0, 0.1) is 0 Å². The van der Waals surface area contributed by atoms with Crippen molar-refractivity contribution in [3.63, 3.8) is 0 Å². The molecule has 1 aliphatic heterocycles. The van der Waals surface area contributed by atoms with Crippen molar-refractivity contribution in [3.8, 4) is 5.75 Å². The second kappa shape index (κ2) is 7.94. The second-order valence-electron chi connectivity index (χ2n) is 5.51. The van der Waals surface area contributed by atoms with Gasteiger partial charge in [0.15, 0.2) is 0 Å². The van der Waals surface area contributed by atoms with Crippen LogP contribution in [0.15, 0.2) is 36.5 Å². The van der Waals surface area contributed by atoms with E-state index in [0.717, 1.165) is 24.4 Å². The van der Waals surface area contributed by atoms with Gasteiger partial charge >= 0.3 is 0 Å². The third-order valence-electron chi connectivity index (χ3n) is 3.91. The predicted molar refractivity (Wildman–Crippen MR) is 91.5 cm³/mol. The molecule has 0 bridgehead atoms. The molecule has 1 atom stereocenters. The lowest BCUT2D eigenvalue weighted by Crippen LogP contribution is -2.37. The summed E-state index contributed by atoms with van der Waals surface area (Å²) in [6.07, 6.45) is 1.09. The standard InChI is InChI=1S/C17H22N4O3/c1-23-14-4-2-13(3-5-14)15(22)12-19-16-6-7-18-17(20-16)21-8-10-24-11-9-21/h2-7,15,22H,8-12H2,1H3,(H,18,19,20). The fourth-order valence-corrected chi connectivity index (χ4v) is 2.51. The molecule has 1 aliphatic rings. The number of aliphatic hydroxyl groups excluding tert-OH is 1. The first-order valence-electron chi connectivity index (χ1n) is 7.98. The molecule has 1 aromatic carbocycles. The molecule has 0 aliphatic carbocycles. The summed E-state index contributed by atoms with van der Waals surface area (Å²) in [7, 11) is 1.62. The lowest BCUT2D eigenvalue weighted by atomic mass is 10.1. The first-order chi connectivity index (χ1) is 11.8. The molecule has 0 radical (unpaired) electrons. The summed E-state index contributed by atoms with van der Waals surface area (Å²) in [5.41, 5.74) is 0.825. The molecule has 128 valence electrons. The summed E-state index contributed by atoms with van der Waals surface area (Å²) >= 11 is 0. The van der Waals surface area contributed by atoms with Crippen LogP contribution in [0.4, 0.5) is 11.8 Å². The summed E-state index contributed by atoms with van der Waals surface area (Å²) in [6.45, 7) is 3.33. The van der Waals surface area contributed by atoms with E-state index in [4.69, 9.17) is 9.47 Å². The van der Waals surface area contributed by atoms with Gasteiger partial charge in [0.05, 0.1) is 26.4 Å². The van der Waals surface area contributed by atoms with Crippen molar-refractivity contribution in [2.24, 2.45) is 0 Å². The molecule has 2 aromatic rings. The van der Waals surface area contributed by atoms with Crippen LogP contribution in [-0.2, 0) is 4.74 Å². The Kier molecular flexibility index (Phi) is 5.45. The van der Waals surface area contributed by atoms with Gasteiger partial charge in [-0.2, -0.15) is 4.98 Å². The van der Waals surface area contributed by atoms with Gasteiger partial charge < -0.3 is 24.8 Å². The van der Waals surface area contributed by atoms with Crippen LogP contribution >= 0.6 is 0 Å². The molecule has 0 spiro atoms. The highest BCUT2D eigenvalue weighted by atomic mass is 16.5. The van der Waals surface area contributed by atoms with Gasteiger partial charge in [-0.15, -0.1) is 0 Å². The van der Waals surface area contributed by atoms with Crippen LogP contribution in [0.1, 0.15) is 11.7 Å². The minimum absolute atomic E-state index is 0.367. The van der Waals surface area contributed by atoms with Gasteiger partial charge in [-0.25, -0.2) is 4.98 Å². The first-order valence-corrected chi connectivity index (χ1v) is 7.98. The summed E-state index contributed by atoms with van der Waals surface area (Å²) in [6, 6.07) is 9.17. The van der Waals surface area contributed by atoms with Crippen molar-refractivity contribution >= 4 is 11.8 Å². The molecule has 1 saturated heterocycles. The Morgan fingerprint density at radius 2 is 2.00 bits per heavy atom. The number of rotatable bonds is 6. The Morgan fingerprint density at radius 1 is 1.25 bits per heavy atom. The average Bonchev–Trinajstić information content (AvgIpc) is 2.67. The Hall–Kier alpha value is -2.38. The Balaban J connectivity index is 1.59. The van der Waals surface area contributed by atoms with Crippen LogP contribution < -0.4 is 15.0 Å². The molecule has 7 heteroatoms. The molecule has 0 saturated carbocycles. The quantitative estimate of drug-likeness (QED) is 0.830. The number of nitrogens with zero attached hydrogens (tertiary/aromatic N) is 3. The number of aliphatic hydroxyl groups is 1. The maximum atomic E-state index is 10.3. The smallest absolute Gasteiger partial charge is 0.227 e. The fourth-order valence-electron chi connectivity index (χ4n) is 2.51. The molecule has 2 heterocycles. The van der Waals surface area contributed by atoms with E-state index in [-0.39, 0.29) is 0 Å². The highest BCUT2D eigenvalue weighted by molar-refractivity contribution is 5.42. The van der Waals surface area contributed by atoms with E-state index in [1.807, 2.05) is 24.3 Å². The Morgan fingerprint density at radius 3 is 2.71 bits per heavy atom. The molecule has 1 aromatic heterocycles. The van der Waals surface area contributed by atoms with Crippen molar-refractivity contribution in [1.82, 2.24) is 9.97 Å². The third kappa shape index (κ3) is 4.12. The van der Waals surface area contributed by atoms with Crippen LogP contribution in [0.3, 0.4) is 0 Å². The number of hydrogen-bond acceptors (Lipinski definition) is 7. The fraction of sp³-hybridized carbons (Fsp3) is 0.412. The molecule has 2 N–H and O–H groups in total. The lowest BCUT2D eigenvalue weighted by molar-refractivity contribution is 0.122. The molecular formula is C17H22N4O3. The van der Waals surface area contributed by atoms with E-state index >= 15 is 0 Å². The number of benzene rings is 1. The van der Waals surface area contributed by atoms with E-state index in [1.54, 1.807) is 19.4 Å². The summed E-state index contributed by atoms with van der Waals surface area (Å²) in [4.78, 5) is 10.9. The minimum atomic E-state index is -0.627. The topological polar surface area (TPSA) is 79.7 Å². The normalized spacial score (nSPS) is 15.8. The number of morpholine rings is 1. The third-order valence-corrected chi connectivity index (χ3v) is 3.91. The van der Waals surface area contributed by atoms with E-state index in [0.29, 0.717) is 31.5 Å². The predicted octanol–water partition coefficient (Wildman–Crippen LogP) is 1.47. The highest BCUT2D eigenvalue weighted by Crippen LogP contribution is 2.18. The van der Waals surface area contributed by atoms with E-state index < -0.39 is 6.10 Å². The Labute approximate surface area is 141 Å². The van der Waals surface area contributed by atoms with E-state index in [2.05, 4.69) is 20.2 Å².